The number of ether oxygens (including phenoxy) is 1. The maximum absolute atomic E-state index is 12.7. The molecule has 114 valence electrons. The lowest BCUT2D eigenvalue weighted by Crippen LogP contribution is -2.54. The minimum Gasteiger partial charge on any atom is -0.476 e. The number of amides is 1. The Balaban J connectivity index is 1.87. The molecule has 5 nitrogen and oxygen atoms in total. The minimum atomic E-state index is -0.841. The number of carbonyl (C=O) groups excluding carboxylic acids is 1. The molecule has 1 amide bonds. The van der Waals surface area contributed by atoms with E-state index in [2.05, 4.69) is 4.90 Å². The normalized spacial score (nSPS) is 21.2. The van der Waals surface area contributed by atoms with E-state index in [1.807, 2.05) is 32.0 Å². The van der Waals surface area contributed by atoms with Crippen molar-refractivity contribution < 1.29 is 9.53 Å². The number of para-hydroxylation sites is 1. The number of carbonyl (C=O) groups is 1. The summed E-state index contributed by atoms with van der Waals surface area (Å²) in [5.41, 5.74) is 6.56. The van der Waals surface area contributed by atoms with Crippen LogP contribution in [0.4, 0.5) is 11.4 Å². The first-order valence-electron chi connectivity index (χ1n) is 7.61. The summed E-state index contributed by atoms with van der Waals surface area (Å²) in [4.78, 5) is 16.9. The summed E-state index contributed by atoms with van der Waals surface area (Å²) in [7, 11) is 0. The van der Waals surface area contributed by atoms with Gasteiger partial charge in [-0.1, -0.05) is 6.07 Å². The number of benzene rings is 1. The number of rotatable bonds is 3. The molecule has 0 aliphatic carbocycles. The van der Waals surface area contributed by atoms with Crippen molar-refractivity contribution in [2.24, 2.45) is 0 Å². The molecule has 0 radical (unpaired) electrons. The number of fused-ring (bicyclic) bond motifs is 1. The van der Waals surface area contributed by atoms with Crippen molar-refractivity contribution in [3.05, 3.63) is 18.2 Å². The lowest BCUT2D eigenvalue weighted by Gasteiger charge is -2.39. The Kier molecular flexibility index (Phi) is 3.53. The van der Waals surface area contributed by atoms with Gasteiger partial charge in [0.15, 0.2) is 5.60 Å². The van der Waals surface area contributed by atoms with E-state index in [-0.39, 0.29) is 5.91 Å². The zero-order valence-corrected chi connectivity index (χ0v) is 12.8. The van der Waals surface area contributed by atoms with Crippen molar-refractivity contribution in [2.75, 3.05) is 36.8 Å². The maximum Gasteiger partial charge on any atom is 0.270 e. The Labute approximate surface area is 125 Å². The molecular weight excluding hydrogens is 266 g/mol. The van der Waals surface area contributed by atoms with Gasteiger partial charge in [0.05, 0.1) is 5.69 Å². The molecule has 2 N–H and O–H groups in total. The fraction of sp³-hybridized carbons (Fsp3) is 0.562. The van der Waals surface area contributed by atoms with Gasteiger partial charge in [-0.05, 0) is 51.9 Å². The molecule has 0 atom stereocenters. The number of nitrogen functional groups attached to an aromatic ring is 1. The zero-order valence-electron chi connectivity index (χ0n) is 12.8. The summed E-state index contributed by atoms with van der Waals surface area (Å²) in [5, 5.41) is 0. The van der Waals surface area contributed by atoms with Gasteiger partial charge >= 0.3 is 0 Å². The van der Waals surface area contributed by atoms with E-state index in [1.165, 1.54) is 12.8 Å². The van der Waals surface area contributed by atoms with Gasteiger partial charge in [0.1, 0.15) is 11.4 Å². The van der Waals surface area contributed by atoms with Crippen LogP contribution in [0.5, 0.6) is 5.75 Å². The van der Waals surface area contributed by atoms with Gasteiger partial charge in [0, 0.05) is 13.1 Å². The van der Waals surface area contributed by atoms with Gasteiger partial charge in [-0.15, -0.1) is 0 Å². The maximum atomic E-state index is 12.7. The third-order valence-corrected chi connectivity index (χ3v) is 4.26. The van der Waals surface area contributed by atoms with Crippen LogP contribution in [-0.4, -0.2) is 42.6 Å². The summed E-state index contributed by atoms with van der Waals surface area (Å²) in [6.07, 6.45) is 2.50. The van der Waals surface area contributed by atoms with Crippen LogP contribution in [0.15, 0.2) is 18.2 Å². The second-order valence-electron chi connectivity index (χ2n) is 6.31. The summed E-state index contributed by atoms with van der Waals surface area (Å²) in [5.74, 6) is 0.674. The van der Waals surface area contributed by atoms with E-state index >= 15 is 0 Å². The summed E-state index contributed by atoms with van der Waals surface area (Å²) in [6.45, 7) is 7.41. The van der Waals surface area contributed by atoms with Gasteiger partial charge in [-0.25, -0.2) is 0 Å². The Morgan fingerprint density at radius 2 is 1.95 bits per heavy atom. The average Bonchev–Trinajstić information content (AvgIpc) is 2.93. The van der Waals surface area contributed by atoms with Gasteiger partial charge in [0.25, 0.3) is 5.91 Å². The summed E-state index contributed by atoms with van der Waals surface area (Å²) in [6, 6.07) is 5.55. The molecule has 0 aromatic heterocycles. The lowest BCUT2D eigenvalue weighted by molar-refractivity contribution is -0.132. The third-order valence-electron chi connectivity index (χ3n) is 4.26. The molecular formula is C16H23N3O2. The Morgan fingerprint density at radius 3 is 2.67 bits per heavy atom. The van der Waals surface area contributed by atoms with Crippen molar-refractivity contribution in [1.29, 1.82) is 0 Å². The number of hydrogen-bond donors (Lipinski definition) is 1. The van der Waals surface area contributed by atoms with Gasteiger partial charge in [-0.3, -0.25) is 4.79 Å². The van der Waals surface area contributed by atoms with Crippen LogP contribution >= 0.6 is 0 Å². The molecule has 3 rings (SSSR count). The Hall–Kier alpha value is -1.75. The molecule has 0 spiro atoms. The largest absolute Gasteiger partial charge is 0.476 e. The lowest BCUT2D eigenvalue weighted by atomic mass is 10.0. The van der Waals surface area contributed by atoms with Gasteiger partial charge in [-0.2, -0.15) is 0 Å². The third kappa shape index (κ3) is 2.58. The zero-order chi connectivity index (χ0) is 15.0. The van der Waals surface area contributed by atoms with Crippen molar-refractivity contribution in [2.45, 2.75) is 32.3 Å². The molecule has 5 heteroatoms. The highest BCUT2D eigenvalue weighted by molar-refractivity contribution is 6.05. The molecule has 21 heavy (non-hydrogen) atoms. The smallest absolute Gasteiger partial charge is 0.270 e. The SMILES string of the molecule is CC1(C)Oc2cccc(N)c2N(CCN2CCCC2)C1=O. The highest BCUT2D eigenvalue weighted by atomic mass is 16.5. The quantitative estimate of drug-likeness (QED) is 0.863. The summed E-state index contributed by atoms with van der Waals surface area (Å²) < 4.78 is 5.83. The van der Waals surface area contributed by atoms with E-state index in [1.54, 1.807) is 4.90 Å². The number of likely N-dealkylation sites (tertiary alicyclic amines) is 1. The fourth-order valence-electron chi connectivity index (χ4n) is 3.12. The molecule has 0 bridgehead atoms. The van der Waals surface area contributed by atoms with E-state index < -0.39 is 5.60 Å². The molecule has 2 aliphatic rings. The van der Waals surface area contributed by atoms with Crippen molar-refractivity contribution >= 4 is 17.3 Å². The second-order valence-corrected chi connectivity index (χ2v) is 6.31. The Morgan fingerprint density at radius 1 is 1.24 bits per heavy atom. The summed E-state index contributed by atoms with van der Waals surface area (Å²) >= 11 is 0. The first-order chi connectivity index (χ1) is 9.99. The number of hydrogen-bond acceptors (Lipinski definition) is 4. The fourth-order valence-corrected chi connectivity index (χ4v) is 3.12. The molecule has 1 aromatic carbocycles. The highest BCUT2D eigenvalue weighted by Crippen LogP contribution is 2.41. The Bertz CT molecular complexity index is 550. The van der Waals surface area contributed by atoms with Crippen LogP contribution < -0.4 is 15.4 Å². The number of nitrogens with zero attached hydrogens (tertiary/aromatic N) is 2. The average molecular weight is 289 g/mol. The van der Waals surface area contributed by atoms with E-state index in [9.17, 15) is 4.79 Å². The van der Waals surface area contributed by atoms with Crippen molar-refractivity contribution in [3.8, 4) is 5.75 Å². The van der Waals surface area contributed by atoms with Crippen LogP contribution in [0.1, 0.15) is 26.7 Å². The van der Waals surface area contributed by atoms with E-state index in [0.717, 1.165) is 25.3 Å². The monoisotopic (exact) mass is 289 g/mol. The standard InChI is InChI=1S/C16H23N3O2/c1-16(2)15(20)19(11-10-18-8-3-4-9-18)14-12(17)6-5-7-13(14)21-16/h5-7H,3-4,8-11,17H2,1-2H3. The molecule has 0 saturated carbocycles. The van der Waals surface area contributed by atoms with Crippen LogP contribution in [0.25, 0.3) is 0 Å². The predicted molar refractivity (Wildman–Crippen MR) is 83.6 cm³/mol. The van der Waals surface area contributed by atoms with Crippen LogP contribution in [0.2, 0.25) is 0 Å². The molecule has 1 fully saturated rings. The van der Waals surface area contributed by atoms with Crippen molar-refractivity contribution in [1.82, 2.24) is 4.90 Å². The first-order valence-corrected chi connectivity index (χ1v) is 7.61. The molecule has 0 unspecified atom stereocenters. The van der Waals surface area contributed by atoms with Gasteiger partial charge in [0.2, 0.25) is 0 Å². The highest BCUT2D eigenvalue weighted by Gasteiger charge is 2.41. The second kappa shape index (κ2) is 5.22. The molecule has 1 aromatic rings. The predicted octanol–water partition coefficient (Wildman–Crippen LogP) is 1.87. The molecule has 1 saturated heterocycles. The van der Waals surface area contributed by atoms with E-state index in [4.69, 9.17) is 10.5 Å². The number of nitrogens with two attached hydrogens (primary N) is 1. The van der Waals surface area contributed by atoms with Crippen molar-refractivity contribution in [3.63, 3.8) is 0 Å². The minimum absolute atomic E-state index is 0.0212. The van der Waals surface area contributed by atoms with Gasteiger partial charge < -0.3 is 20.3 Å². The molecule has 2 heterocycles. The van der Waals surface area contributed by atoms with Crippen LogP contribution in [0.3, 0.4) is 0 Å². The van der Waals surface area contributed by atoms with E-state index in [0.29, 0.717) is 18.0 Å². The van der Waals surface area contributed by atoms with Crippen LogP contribution in [0, 0.1) is 0 Å². The van der Waals surface area contributed by atoms with Crippen LogP contribution in [-0.2, 0) is 4.79 Å². The topological polar surface area (TPSA) is 58.8 Å². The molecule has 2 aliphatic heterocycles. The first kappa shape index (κ1) is 14.2. The number of anilines is 2.